The van der Waals surface area contributed by atoms with Crippen molar-refractivity contribution in [3.05, 3.63) is 27.7 Å². The van der Waals surface area contributed by atoms with E-state index in [4.69, 9.17) is 5.73 Å². The van der Waals surface area contributed by atoms with Crippen LogP contribution in [0.2, 0.25) is 0 Å². The molecular formula is C15H23BrN2O2S. The molecule has 1 saturated carbocycles. The van der Waals surface area contributed by atoms with Crippen molar-refractivity contribution in [3.8, 4) is 0 Å². The summed E-state index contributed by atoms with van der Waals surface area (Å²) in [7, 11) is -3.54. The van der Waals surface area contributed by atoms with Crippen molar-refractivity contribution in [3.63, 3.8) is 0 Å². The Kier molecular flexibility index (Phi) is 5.13. The van der Waals surface area contributed by atoms with Crippen LogP contribution in [0.4, 0.5) is 0 Å². The molecule has 0 bridgehead atoms. The predicted octanol–water partition coefficient (Wildman–Crippen LogP) is 3.22. The Morgan fingerprint density at radius 3 is 2.48 bits per heavy atom. The zero-order valence-corrected chi connectivity index (χ0v) is 15.0. The molecule has 0 aliphatic heterocycles. The summed E-state index contributed by atoms with van der Waals surface area (Å²) in [6.07, 6.45) is 5.12. The van der Waals surface area contributed by atoms with Crippen LogP contribution in [-0.2, 0) is 16.6 Å². The Morgan fingerprint density at radius 2 is 1.90 bits per heavy atom. The van der Waals surface area contributed by atoms with Crippen LogP contribution >= 0.6 is 15.9 Å². The zero-order valence-electron chi connectivity index (χ0n) is 12.6. The fraction of sp³-hybridized carbons (Fsp3) is 0.600. The topological polar surface area (TPSA) is 72.2 Å². The van der Waals surface area contributed by atoms with E-state index in [9.17, 15) is 8.42 Å². The van der Waals surface area contributed by atoms with Crippen LogP contribution in [0.25, 0.3) is 0 Å². The van der Waals surface area contributed by atoms with Crippen molar-refractivity contribution >= 4 is 26.0 Å². The lowest BCUT2D eigenvalue weighted by molar-refractivity contribution is 0.294. The molecule has 2 rings (SSSR count). The first-order chi connectivity index (χ1) is 9.77. The van der Waals surface area contributed by atoms with Crippen molar-refractivity contribution in [2.75, 3.05) is 0 Å². The number of hydrogen-bond donors (Lipinski definition) is 2. The summed E-state index contributed by atoms with van der Waals surface area (Å²) in [6, 6.07) is 3.55. The maximum Gasteiger partial charge on any atom is 0.241 e. The first-order valence-electron chi connectivity index (χ1n) is 7.30. The molecule has 6 heteroatoms. The molecule has 0 aromatic heterocycles. The molecule has 1 aliphatic rings. The minimum atomic E-state index is -3.54. The van der Waals surface area contributed by atoms with E-state index in [0.29, 0.717) is 11.4 Å². The molecule has 1 aromatic rings. The summed E-state index contributed by atoms with van der Waals surface area (Å²) in [5.41, 5.74) is 6.85. The Balaban J connectivity index is 2.37. The summed E-state index contributed by atoms with van der Waals surface area (Å²) in [4.78, 5) is 0.323. The van der Waals surface area contributed by atoms with Gasteiger partial charge in [0.2, 0.25) is 10.0 Å². The maximum atomic E-state index is 12.8. The van der Waals surface area contributed by atoms with Crippen molar-refractivity contribution in [2.45, 2.75) is 62.9 Å². The predicted molar refractivity (Wildman–Crippen MR) is 88.6 cm³/mol. The highest BCUT2D eigenvalue weighted by molar-refractivity contribution is 9.10. The largest absolute Gasteiger partial charge is 0.326 e. The third kappa shape index (κ3) is 3.86. The zero-order chi connectivity index (χ0) is 15.7. The summed E-state index contributed by atoms with van der Waals surface area (Å²) < 4.78 is 29.2. The summed E-state index contributed by atoms with van der Waals surface area (Å²) in [6.45, 7) is 4.13. The highest BCUT2D eigenvalue weighted by atomic mass is 79.9. The van der Waals surface area contributed by atoms with Gasteiger partial charge in [0.25, 0.3) is 0 Å². The highest BCUT2D eigenvalue weighted by Gasteiger charge is 2.33. The lowest BCUT2D eigenvalue weighted by Crippen LogP contribution is -2.47. The molecule has 0 spiro atoms. The normalized spacial score (nSPS) is 18.7. The van der Waals surface area contributed by atoms with Crippen LogP contribution in [0, 0.1) is 6.92 Å². The number of nitrogens with two attached hydrogens (primary N) is 1. The van der Waals surface area contributed by atoms with E-state index in [0.717, 1.165) is 41.3 Å². The second kappa shape index (κ2) is 6.36. The summed E-state index contributed by atoms with van der Waals surface area (Å²) in [5, 5.41) is 0. The summed E-state index contributed by atoms with van der Waals surface area (Å²) >= 11 is 3.42. The minimum Gasteiger partial charge on any atom is -0.326 e. The van der Waals surface area contributed by atoms with Crippen LogP contribution in [0.3, 0.4) is 0 Å². The third-order valence-electron chi connectivity index (χ3n) is 4.22. The van der Waals surface area contributed by atoms with Crippen LogP contribution in [0.5, 0.6) is 0 Å². The average Bonchev–Trinajstić information content (AvgIpc) is 2.41. The maximum absolute atomic E-state index is 12.8. The van der Waals surface area contributed by atoms with E-state index in [1.54, 1.807) is 6.07 Å². The molecule has 1 aromatic carbocycles. The number of benzene rings is 1. The fourth-order valence-corrected chi connectivity index (χ4v) is 5.34. The number of rotatable bonds is 4. The molecule has 118 valence electrons. The Labute approximate surface area is 135 Å². The van der Waals surface area contributed by atoms with Crippen molar-refractivity contribution in [2.24, 2.45) is 5.73 Å². The number of hydrogen-bond acceptors (Lipinski definition) is 3. The van der Waals surface area contributed by atoms with Crippen LogP contribution in [0.15, 0.2) is 21.5 Å². The lowest BCUT2D eigenvalue weighted by atomic mass is 9.84. The summed E-state index contributed by atoms with van der Waals surface area (Å²) in [5.74, 6) is 0. The molecule has 4 nitrogen and oxygen atoms in total. The molecule has 0 saturated heterocycles. The Bertz CT molecular complexity index is 623. The van der Waals surface area contributed by atoms with Gasteiger partial charge in [-0.3, -0.25) is 0 Å². The average molecular weight is 375 g/mol. The van der Waals surface area contributed by atoms with E-state index in [1.807, 2.05) is 19.9 Å². The molecule has 0 radical (unpaired) electrons. The molecule has 21 heavy (non-hydrogen) atoms. The highest BCUT2D eigenvalue weighted by Crippen LogP contribution is 2.31. The van der Waals surface area contributed by atoms with Crippen molar-refractivity contribution in [1.29, 1.82) is 0 Å². The first-order valence-corrected chi connectivity index (χ1v) is 9.58. The van der Waals surface area contributed by atoms with E-state index >= 15 is 0 Å². The number of sulfonamides is 1. The molecule has 0 heterocycles. The second-order valence-corrected chi connectivity index (χ2v) is 8.64. The Hall–Kier alpha value is -0.430. The van der Waals surface area contributed by atoms with Crippen molar-refractivity contribution in [1.82, 2.24) is 4.72 Å². The van der Waals surface area contributed by atoms with E-state index in [1.165, 1.54) is 6.42 Å². The van der Waals surface area contributed by atoms with Gasteiger partial charge in [0.15, 0.2) is 0 Å². The van der Waals surface area contributed by atoms with Gasteiger partial charge in [0.05, 0.1) is 4.90 Å². The van der Waals surface area contributed by atoms with Gasteiger partial charge in [-0.25, -0.2) is 13.1 Å². The van der Waals surface area contributed by atoms with Gasteiger partial charge < -0.3 is 5.73 Å². The van der Waals surface area contributed by atoms with Crippen molar-refractivity contribution < 1.29 is 8.42 Å². The monoisotopic (exact) mass is 374 g/mol. The van der Waals surface area contributed by atoms with Gasteiger partial charge in [0.1, 0.15) is 0 Å². The van der Waals surface area contributed by atoms with Gasteiger partial charge in [-0.05, 0) is 49.9 Å². The molecular weight excluding hydrogens is 352 g/mol. The van der Waals surface area contributed by atoms with Gasteiger partial charge in [0, 0.05) is 16.6 Å². The molecule has 3 N–H and O–H groups in total. The Morgan fingerprint density at radius 1 is 1.29 bits per heavy atom. The number of halogens is 1. The van der Waals surface area contributed by atoms with Gasteiger partial charge in [-0.1, -0.05) is 35.2 Å². The van der Waals surface area contributed by atoms with Gasteiger partial charge >= 0.3 is 0 Å². The lowest BCUT2D eigenvalue weighted by Gasteiger charge is -2.34. The first kappa shape index (κ1) is 16.9. The van der Waals surface area contributed by atoms with E-state index < -0.39 is 10.0 Å². The quantitative estimate of drug-likeness (QED) is 0.849. The molecule has 0 amide bonds. The second-order valence-electron chi connectivity index (χ2n) is 6.13. The molecule has 0 unspecified atom stereocenters. The minimum absolute atomic E-state index is 0.318. The third-order valence-corrected chi connectivity index (χ3v) is 6.81. The molecule has 1 fully saturated rings. The molecule has 1 aliphatic carbocycles. The van der Waals surface area contributed by atoms with Crippen LogP contribution in [-0.4, -0.2) is 14.0 Å². The van der Waals surface area contributed by atoms with Crippen LogP contribution < -0.4 is 10.5 Å². The SMILES string of the molecule is Cc1c(Br)cc(CN)cc1S(=O)(=O)NC1(C)CCCCC1. The number of nitrogens with one attached hydrogen (secondary N) is 1. The van der Waals surface area contributed by atoms with Crippen LogP contribution in [0.1, 0.15) is 50.2 Å². The van der Waals surface area contributed by atoms with Gasteiger partial charge in [-0.15, -0.1) is 0 Å². The smallest absolute Gasteiger partial charge is 0.241 e. The standard InChI is InChI=1S/C15H23BrN2O2S/c1-11-13(16)8-12(10-17)9-14(11)21(19,20)18-15(2)6-4-3-5-7-15/h8-9,18H,3-7,10,17H2,1-2H3. The van der Waals surface area contributed by atoms with E-state index in [2.05, 4.69) is 20.7 Å². The fourth-order valence-electron chi connectivity index (χ4n) is 2.92. The molecule has 0 atom stereocenters. The van der Waals surface area contributed by atoms with Gasteiger partial charge in [-0.2, -0.15) is 0 Å². The van der Waals surface area contributed by atoms with E-state index in [-0.39, 0.29) is 5.54 Å².